The van der Waals surface area contributed by atoms with E-state index in [1.54, 1.807) is 0 Å². The van der Waals surface area contributed by atoms with Crippen LogP contribution in [0, 0.1) is 42.6 Å². The maximum absolute atomic E-state index is 13.8. The zero-order valence-electron chi connectivity index (χ0n) is 8.68. The minimum absolute atomic E-state index is 0.0246. The summed E-state index contributed by atoms with van der Waals surface area (Å²) in [5.41, 5.74) is 0.425. The second-order valence-electron chi connectivity index (χ2n) is 4.09. The van der Waals surface area contributed by atoms with E-state index in [2.05, 4.69) is 0 Å². The van der Waals surface area contributed by atoms with Crippen molar-refractivity contribution < 1.29 is 33.8 Å². The first kappa shape index (κ1) is 12.7. The van der Waals surface area contributed by atoms with Crippen molar-refractivity contribution in [2.45, 2.75) is 18.9 Å². The molecule has 1 atom stereocenters. The van der Waals surface area contributed by atoms with Crippen LogP contribution in [-0.4, -0.2) is 9.89 Å². The van der Waals surface area contributed by atoms with E-state index in [0.717, 1.165) is 18.9 Å². The second kappa shape index (κ2) is 4.83. The molecule has 1 aliphatic carbocycles. The van der Waals surface area contributed by atoms with Crippen molar-refractivity contribution in [3.8, 4) is 0 Å². The SMILES string of the molecule is CN([At])C(c1cc(F)c(Cl)cc1F)C1CC1. The maximum atomic E-state index is 13.8. The minimum atomic E-state index is -0.544. The van der Waals surface area contributed by atoms with Gasteiger partial charge in [-0.2, -0.15) is 0 Å². The summed E-state index contributed by atoms with van der Waals surface area (Å²) in [6, 6.07) is 2.27. The van der Waals surface area contributed by atoms with Crippen LogP contribution in [0.2, 0.25) is 5.02 Å². The van der Waals surface area contributed by atoms with E-state index in [1.165, 1.54) is 31.1 Å². The summed E-state index contributed by atoms with van der Waals surface area (Å²) in [6.45, 7) is 0. The van der Waals surface area contributed by atoms with Crippen molar-refractivity contribution in [1.29, 1.82) is 0 Å². The Morgan fingerprint density at radius 2 is 2.00 bits per heavy atom. The van der Waals surface area contributed by atoms with Gasteiger partial charge >= 0.3 is 114 Å². The average Bonchev–Trinajstić information content (AvgIpc) is 2.97. The van der Waals surface area contributed by atoms with Crippen LogP contribution in [0.5, 0.6) is 0 Å². The first-order valence-corrected chi connectivity index (χ1v) is 6.73. The van der Waals surface area contributed by atoms with Gasteiger partial charge in [0.15, 0.2) is 0 Å². The summed E-state index contributed by atoms with van der Waals surface area (Å²) >= 11 is 7.00. The van der Waals surface area contributed by atoms with Crippen molar-refractivity contribution in [3.63, 3.8) is 0 Å². The molecule has 5 heteroatoms. The van der Waals surface area contributed by atoms with Crippen LogP contribution >= 0.6 is 11.6 Å². The number of hydrogen-bond acceptors (Lipinski definition) is 1. The van der Waals surface area contributed by atoms with Crippen molar-refractivity contribution in [2.24, 2.45) is 5.92 Å². The fourth-order valence-corrected chi connectivity index (χ4v) is 3.09. The molecule has 0 bridgehead atoms. The molecule has 16 heavy (non-hydrogen) atoms. The van der Waals surface area contributed by atoms with E-state index in [1.807, 2.05) is 9.89 Å². The van der Waals surface area contributed by atoms with Crippen LogP contribution in [-0.2, 0) is 0 Å². The molecule has 1 fully saturated rings. The van der Waals surface area contributed by atoms with Gasteiger partial charge in [-0.1, -0.05) is 0 Å². The molecule has 0 spiro atoms. The Balaban J connectivity index is 2.40. The van der Waals surface area contributed by atoms with Gasteiger partial charge in [0.05, 0.1) is 0 Å². The van der Waals surface area contributed by atoms with Crippen LogP contribution in [0.25, 0.3) is 0 Å². The molecule has 0 saturated heterocycles. The number of rotatable bonds is 3. The topological polar surface area (TPSA) is 3.24 Å². The van der Waals surface area contributed by atoms with Crippen LogP contribution in [0.4, 0.5) is 8.78 Å². The van der Waals surface area contributed by atoms with Gasteiger partial charge in [0.1, 0.15) is 0 Å². The molecule has 1 saturated carbocycles. The third kappa shape index (κ3) is 2.55. The standard InChI is InChI=1S/C11H11AtClF2N/c1-16(12)11(6-2-3-6)7-4-10(15)8(13)5-9(7)14/h4-6,11H,2-3H2,1H3. The molecule has 2 rings (SSSR count). The Labute approximate surface area is 114 Å². The number of benzene rings is 1. The fraction of sp³-hybridized carbons (Fsp3) is 0.455. The van der Waals surface area contributed by atoms with Crippen LogP contribution in [0.1, 0.15) is 24.4 Å². The molecule has 1 aromatic carbocycles. The second-order valence-corrected chi connectivity index (χ2v) is 6.58. The third-order valence-electron chi connectivity index (χ3n) is 2.81. The summed E-state index contributed by atoms with van der Waals surface area (Å²) in [5, 5.41) is -0.153. The quantitative estimate of drug-likeness (QED) is 0.651. The molecule has 0 radical (unpaired) electrons. The van der Waals surface area contributed by atoms with E-state index < -0.39 is 11.6 Å². The molecule has 0 amide bonds. The van der Waals surface area contributed by atoms with Gasteiger partial charge in [0.2, 0.25) is 0 Å². The van der Waals surface area contributed by atoms with Gasteiger partial charge in [-0.05, 0) is 0 Å². The van der Waals surface area contributed by atoms with Crippen molar-refractivity contribution >= 4 is 11.6 Å². The molecule has 0 heterocycles. The summed E-state index contributed by atoms with van der Waals surface area (Å²) in [7, 11) is 1.91. The van der Waals surface area contributed by atoms with E-state index in [-0.39, 0.29) is 11.1 Å². The molecular formula is C11H11AtClF2N. The van der Waals surface area contributed by atoms with Gasteiger partial charge in [0.25, 0.3) is 0 Å². The molecule has 88 valence electrons. The van der Waals surface area contributed by atoms with E-state index in [0.29, 0.717) is 11.5 Å². The average molecular weight is 441 g/mol. The van der Waals surface area contributed by atoms with E-state index >= 15 is 0 Å². The summed E-state index contributed by atoms with van der Waals surface area (Å²) in [5.74, 6) is -0.506. The first-order chi connectivity index (χ1) is 7.50. The summed E-state index contributed by atoms with van der Waals surface area (Å²) < 4.78 is 29.1. The normalized spacial score (nSPS) is 17.9. The van der Waals surface area contributed by atoms with Crippen molar-refractivity contribution in [1.82, 2.24) is 2.84 Å². The van der Waals surface area contributed by atoms with Gasteiger partial charge in [-0.25, -0.2) is 0 Å². The van der Waals surface area contributed by atoms with Crippen molar-refractivity contribution in [3.05, 3.63) is 34.4 Å². The van der Waals surface area contributed by atoms with Gasteiger partial charge in [0, 0.05) is 0 Å². The third-order valence-corrected chi connectivity index (χ3v) is 3.92. The number of nitrogens with zero attached hydrogens (tertiary/aromatic N) is 1. The molecule has 1 aromatic rings. The van der Waals surface area contributed by atoms with E-state index in [9.17, 15) is 8.78 Å². The predicted molar refractivity (Wildman–Crippen MR) is 54.6 cm³/mol. The molecule has 0 aliphatic heterocycles. The Hall–Kier alpha value is 0.213. The van der Waals surface area contributed by atoms with Gasteiger partial charge in [-0.3, -0.25) is 0 Å². The summed E-state index contributed by atoms with van der Waals surface area (Å²) in [6.07, 6.45) is 2.17. The molecule has 0 N–H and O–H groups in total. The predicted octanol–water partition coefficient (Wildman–Crippen LogP) is 3.47. The molecule has 1 aliphatic rings. The molecule has 1 unspecified atom stereocenters. The van der Waals surface area contributed by atoms with Gasteiger partial charge < -0.3 is 0 Å². The fourth-order valence-electron chi connectivity index (χ4n) is 1.91. The Kier molecular flexibility index (Phi) is 3.83. The van der Waals surface area contributed by atoms with Crippen molar-refractivity contribution in [2.75, 3.05) is 7.05 Å². The summed E-state index contributed by atoms with van der Waals surface area (Å²) in [4.78, 5) is 0. The van der Waals surface area contributed by atoms with Gasteiger partial charge in [-0.15, -0.1) is 0 Å². The number of halogens is 3. The Morgan fingerprint density at radius 3 is 2.50 bits per heavy atom. The molecule has 0 aromatic heterocycles. The molecular weight excluding hydrogens is 430 g/mol. The van der Waals surface area contributed by atoms with E-state index in [4.69, 9.17) is 11.6 Å². The zero-order valence-corrected chi connectivity index (χ0v) is 12.4. The molecule has 1 nitrogen and oxygen atoms in total. The Morgan fingerprint density at radius 1 is 1.38 bits per heavy atom. The number of hydrogen-bond donors (Lipinski definition) is 0. The van der Waals surface area contributed by atoms with Crippen LogP contribution in [0.3, 0.4) is 0 Å². The van der Waals surface area contributed by atoms with Crippen LogP contribution in [0.15, 0.2) is 12.1 Å². The first-order valence-electron chi connectivity index (χ1n) is 5.03. The monoisotopic (exact) mass is 440 g/mol. The zero-order chi connectivity index (χ0) is 11.9. The Bertz CT molecular complexity index is 405. The van der Waals surface area contributed by atoms with Crippen LogP contribution < -0.4 is 0 Å².